The third-order valence-electron chi connectivity index (χ3n) is 5.86. The summed E-state index contributed by atoms with van der Waals surface area (Å²) in [7, 11) is 0. The molecule has 1 fully saturated rings. The van der Waals surface area contributed by atoms with Crippen LogP contribution in [0.25, 0.3) is 0 Å². The fourth-order valence-corrected chi connectivity index (χ4v) is 4.42. The van der Waals surface area contributed by atoms with Crippen molar-refractivity contribution in [3.8, 4) is 5.75 Å². The average Bonchev–Trinajstić information content (AvgIpc) is 3.07. The number of amides is 2. The summed E-state index contributed by atoms with van der Waals surface area (Å²) in [5.74, 6) is 0.787. The van der Waals surface area contributed by atoms with Crippen molar-refractivity contribution < 1.29 is 19.1 Å². The molecule has 0 spiro atoms. The van der Waals surface area contributed by atoms with Crippen molar-refractivity contribution in [2.45, 2.75) is 38.9 Å². The van der Waals surface area contributed by atoms with Crippen molar-refractivity contribution in [1.29, 1.82) is 0 Å². The summed E-state index contributed by atoms with van der Waals surface area (Å²) in [6.45, 7) is 5.84. The van der Waals surface area contributed by atoms with Crippen LogP contribution < -0.4 is 10.1 Å². The van der Waals surface area contributed by atoms with Crippen molar-refractivity contribution >= 4 is 17.7 Å². The van der Waals surface area contributed by atoms with Crippen LogP contribution in [0.4, 0.5) is 10.5 Å². The van der Waals surface area contributed by atoms with E-state index in [1.54, 1.807) is 11.8 Å². The van der Waals surface area contributed by atoms with Crippen LogP contribution in [0.1, 0.15) is 48.8 Å². The maximum atomic E-state index is 13.4. The van der Waals surface area contributed by atoms with Gasteiger partial charge in [-0.25, -0.2) is 4.79 Å². The standard InChI is InChI=1S/C24H29N3O4/c1-3-30-21-12-8-7-11-20(21)25-22-18-9-5-6-10-19(18)23(28)27(22)17-13-15-26(16-14-17)24(29)31-4-2/h5-12,17,22,25H,3-4,13-16H2,1-2H3. The van der Waals surface area contributed by atoms with Crippen molar-refractivity contribution in [2.75, 3.05) is 31.6 Å². The third kappa shape index (κ3) is 4.17. The van der Waals surface area contributed by atoms with Crippen LogP contribution in [0.5, 0.6) is 5.75 Å². The maximum Gasteiger partial charge on any atom is 0.409 e. The summed E-state index contributed by atoms with van der Waals surface area (Å²) in [6.07, 6.45) is 0.856. The van der Waals surface area contributed by atoms with Gasteiger partial charge in [0.25, 0.3) is 5.91 Å². The topological polar surface area (TPSA) is 71.1 Å². The van der Waals surface area contributed by atoms with Gasteiger partial charge in [-0.05, 0) is 44.9 Å². The van der Waals surface area contributed by atoms with Crippen molar-refractivity contribution in [1.82, 2.24) is 9.80 Å². The molecule has 2 aliphatic heterocycles. The van der Waals surface area contributed by atoms with Gasteiger partial charge < -0.3 is 24.6 Å². The average molecular weight is 424 g/mol. The largest absolute Gasteiger partial charge is 0.492 e. The number of rotatable bonds is 6. The van der Waals surface area contributed by atoms with E-state index in [4.69, 9.17) is 9.47 Å². The van der Waals surface area contributed by atoms with Crippen LogP contribution in [0, 0.1) is 0 Å². The highest BCUT2D eigenvalue weighted by molar-refractivity contribution is 5.99. The molecule has 1 unspecified atom stereocenters. The first kappa shape index (κ1) is 21.0. The minimum Gasteiger partial charge on any atom is -0.492 e. The van der Waals surface area contributed by atoms with E-state index in [1.807, 2.05) is 60.4 Å². The number of anilines is 1. The number of ether oxygens (including phenoxy) is 2. The van der Waals surface area contributed by atoms with Gasteiger partial charge in [-0.3, -0.25) is 4.79 Å². The molecule has 0 aromatic heterocycles. The highest BCUT2D eigenvalue weighted by Gasteiger charge is 2.42. The maximum absolute atomic E-state index is 13.4. The Labute approximate surface area is 182 Å². The van der Waals surface area contributed by atoms with Gasteiger partial charge >= 0.3 is 6.09 Å². The molecule has 7 heteroatoms. The molecule has 1 N–H and O–H groups in total. The van der Waals surface area contributed by atoms with Gasteiger partial charge in [0.15, 0.2) is 0 Å². The highest BCUT2D eigenvalue weighted by Crippen LogP contribution is 2.39. The van der Waals surface area contributed by atoms with Gasteiger partial charge in [-0.2, -0.15) is 0 Å². The molecule has 1 saturated heterocycles. The van der Waals surface area contributed by atoms with Crippen LogP contribution >= 0.6 is 0 Å². The van der Waals surface area contributed by atoms with Gasteiger partial charge in [0.05, 0.1) is 18.9 Å². The second-order valence-electron chi connectivity index (χ2n) is 7.69. The lowest BCUT2D eigenvalue weighted by atomic mass is 10.0. The number of carbonyl (C=O) groups excluding carboxylic acids is 2. The van der Waals surface area contributed by atoms with E-state index in [9.17, 15) is 9.59 Å². The summed E-state index contributed by atoms with van der Waals surface area (Å²) in [6, 6.07) is 15.6. The fourth-order valence-electron chi connectivity index (χ4n) is 4.42. The number of fused-ring (bicyclic) bond motifs is 1. The van der Waals surface area contributed by atoms with E-state index in [-0.39, 0.29) is 24.2 Å². The molecule has 2 heterocycles. The molecule has 0 aliphatic carbocycles. The Kier molecular flexibility index (Phi) is 6.30. The normalized spacial score (nSPS) is 18.6. The summed E-state index contributed by atoms with van der Waals surface area (Å²) < 4.78 is 10.9. The van der Waals surface area contributed by atoms with Gasteiger partial charge in [0, 0.05) is 30.3 Å². The van der Waals surface area contributed by atoms with Gasteiger partial charge in [-0.15, -0.1) is 0 Å². The molecule has 4 rings (SSSR count). The van der Waals surface area contributed by atoms with Crippen molar-refractivity contribution in [3.05, 3.63) is 59.7 Å². The second kappa shape index (κ2) is 9.29. The number of nitrogens with one attached hydrogen (secondary N) is 1. The van der Waals surface area contributed by atoms with E-state index in [2.05, 4.69) is 5.32 Å². The SMILES string of the molecule is CCOC(=O)N1CCC(N2C(=O)c3ccccc3C2Nc2ccccc2OCC)CC1. The summed E-state index contributed by atoms with van der Waals surface area (Å²) in [4.78, 5) is 29.1. The Hall–Kier alpha value is -3.22. The first-order valence-electron chi connectivity index (χ1n) is 11.0. The molecule has 1 atom stereocenters. The van der Waals surface area contributed by atoms with Crippen molar-refractivity contribution in [3.63, 3.8) is 0 Å². The molecule has 2 aliphatic rings. The zero-order valence-corrected chi connectivity index (χ0v) is 18.0. The molecule has 2 aromatic rings. The lowest BCUT2D eigenvalue weighted by Crippen LogP contribution is -2.49. The monoisotopic (exact) mass is 423 g/mol. The predicted octanol–water partition coefficient (Wildman–Crippen LogP) is 4.27. The molecule has 2 aromatic carbocycles. The number of nitrogens with zero attached hydrogens (tertiary/aromatic N) is 2. The number of hydrogen-bond donors (Lipinski definition) is 1. The molecule has 0 saturated carbocycles. The van der Waals surface area contributed by atoms with Gasteiger partial charge in [0.2, 0.25) is 0 Å². The van der Waals surface area contributed by atoms with Crippen LogP contribution in [0.15, 0.2) is 48.5 Å². The van der Waals surface area contributed by atoms with Crippen LogP contribution in [0.3, 0.4) is 0 Å². The molecule has 0 bridgehead atoms. The van der Waals surface area contributed by atoms with E-state index in [0.717, 1.165) is 22.6 Å². The van der Waals surface area contributed by atoms with Crippen LogP contribution in [-0.2, 0) is 4.74 Å². The lowest BCUT2D eigenvalue weighted by molar-refractivity contribution is 0.0496. The molecule has 31 heavy (non-hydrogen) atoms. The Balaban J connectivity index is 1.58. The molecule has 164 valence electrons. The zero-order chi connectivity index (χ0) is 21.8. The fraction of sp³-hybridized carbons (Fsp3) is 0.417. The number of piperidine rings is 1. The van der Waals surface area contributed by atoms with E-state index >= 15 is 0 Å². The summed E-state index contributed by atoms with van der Waals surface area (Å²) in [5, 5.41) is 3.56. The Morgan fingerprint density at radius 2 is 1.74 bits per heavy atom. The molecular formula is C24H29N3O4. The Morgan fingerprint density at radius 3 is 2.48 bits per heavy atom. The number of benzene rings is 2. The number of para-hydroxylation sites is 2. The molecule has 2 amide bonds. The molecule has 0 radical (unpaired) electrons. The van der Waals surface area contributed by atoms with Crippen molar-refractivity contribution in [2.24, 2.45) is 0 Å². The number of likely N-dealkylation sites (tertiary alicyclic amines) is 1. The summed E-state index contributed by atoms with van der Waals surface area (Å²) in [5.41, 5.74) is 2.54. The van der Waals surface area contributed by atoms with Gasteiger partial charge in [-0.1, -0.05) is 30.3 Å². The van der Waals surface area contributed by atoms with Crippen LogP contribution in [0.2, 0.25) is 0 Å². The minimum absolute atomic E-state index is 0.0246. The number of carbonyl (C=O) groups is 2. The Bertz CT molecular complexity index is 940. The molecule has 7 nitrogen and oxygen atoms in total. The quantitative estimate of drug-likeness (QED) is 0.751. The van der Waals surface area contributed by atoms with Crippen LogP contribution in [-0.4, -0.2) is 54.1 Å². The van der Waals surface area contributed by atoms with E-state index < -0.39 is 0 Å². The molecular weight excluding hydrogens is 394 g/mol. The smallest absolute Gasteiger partial charge is 0.409 e. The third-order valence-corrected chi connectivity index (χ3v) is 5.86. The van der Waals surface area contributed by atoms with Gasteiger partial charge in [0.1, 0.15) is 11.9 Å². The Morgan fingerprint density at radius 1 is 1.03 bits per heavy atom. The first-order chi connectivity index (χ1) is 15.1. The first-order valence-corrected chi connectivity index (χ1v) is 11.0. The highest BCUT2D eigenvalue weighted by atomic mass is 16.6. The second-order valence-corrected chi connectivity index (χ2v) is 7.69. The number of hydrogen-bond acceptors (Lipinski definition) is 5. The van der Waals surface area contributed by atoms with E-state index in [0.29, 0.717) is 39.1 Å². The van der Waals surface area contributed by atoms with E-state index in [1.165, 1.54) is 0 Å². The minimum atomic E-state index is -0.288. The summed E-state index contributed by atoms with van der Waals surface area (Å²) >= 11 is 0. The predicted molar refractivity (Wildman–Crippen MR) is 118 cm³/mol. The zero-order valence-electron chi connectivity index (χ0n) is 18.0. The lowest BCUT2D eigenvalue weighted by Gasteiger charge is -2.39.